The molecular weight excluding hydrogens is 322 g/mol. The van der Waals surface area contributed by atoms with Gasteiger partial charge in [0.2, 0.25) is 0 Å². The van der Waals surface area contributed by atoms with Gasteiger partial charge in [0.25, 0.3) is 0 Å². The largest absolute Gasteiger partial charge is 0.481 e. The Morgan fingerprint density at radius 1 is 1.33 bits per heavy atom. The third-order valence-corrected chi connectivity index (χ3v) is 4.59. The van der Waals surface area contributed by atoms with Crippen LogP contribution >= 0.6 is 11.3 Å². The Hall–Kier alpha value is -1.95. The average molecular weight is 347 g/mol. The zero-order valence-electron chi connectivity index (χ0n) is 14.3. The lowest BCUT2D eigenvalue weighted by atomic mass is 9.86. The van der Waals surface area contributed by atoms with Crippen LogP contribution in [0.1, 0.15) is 43.8 Å². The number of carboxylic acids is 1. The Balaban J connectivity index is 1.69. The molecule has 130 valence electrons. The molecular formula is C18H25N3O2S. The molecule has 2 heterocycles. The normalized spacial score (nSPS) is 11.4. The standard InChI is InChI=1S/C18H25N3O2S/c1-18(2,12-17(22)23)11-16-21-14(13-24-16)7-3-5-9-19-15-8-4-6-10-20-15/h4,6,8,10,13H,3,5,7,9,11-12H2,1-2H3,(H,19,20)(H,22,23). The van der Waals surface area contributed by atoms with E-state index in [2.05, 4.69) is 20.7 Å². The molecule has 2 aromatic rings. The molecule has 0 unspecified atom stereocenters. The van der Waals surface area contributed by atoms with E-state index in [0.717, 1.165) is 42.3 Å². The number of hydrogen-bond donors (Lipinski definition) is 2. The molecule has 0 radical (unpaired) electrons. The van der Waals surface area contributed by atoms with Gasteiger partial charge in [-0.25, -0.2) is 9.97 Å². The number of aromatic nitrogens is 2. The summed E-state index contributed by atoms with van der Waals surface area (Å²) in [6, 6.07) is 5.84. The van der Waals surface area contributed by atoms with Crippen LogP contribution in [0.4, 0.5) is 5.82 Å². The van der Waals surface area contributed by atoms with Crippen molar-refractivity contribution in [2.45, 2.75) is 46.0 Å². The first kappa shape index (κ1) is 18.4. The van der Waals surface area contributed by atoms with Gasteiger partial charge in [0.15, 0.2) is 0 Å². The first-order valence-electron chi connectivity index (χ1n) is 8.25. The maximum atomic E-state index is 10.9. The lowest BCUT2D eigenvalue weighted by Gasteiger charge is -2.20. The van der Waals surface area contributed by atoms with Crippen LogP contribution in [0.2, 0.25) is 0 Å². The van der Waals surface area contributed by atoms with E-state index in [-0.39, 0.29) is 11.8 Å². The molecule has 5 nitrogen and oxygen atoms in total. The van der Waals surface area contributed by atoms with E-state index in [9.17, 15) is 4.79 Å². The number of pyridine rings is 1. The van der Waals surface area contributed by atoms with Gasteiger partial charge >= 0.3 is 5.97 Å². The first-order valence-corrected chi connectivity index (χ1v) is 9.12. The van der Waals surface area contributed by atoms with Crippen molar-refractivity contribution in [3.05, 3.63) is 40.5 Å². The van der Waals surface area contributed by atoms with Crippen LogP contribution < -0.4 is 5.32 Å². The van der Waals surface area contributed by atoms with Crippen molar-refractivity contribution in [3.63, 3.8) is 0 Å². The van der Waals surface area contributed by atoms with Gasteiger partial charge in [-0.05, 0) is 36.8 Å². The summed E-state index contributed by atoms with van der Waals surface area (Å²) in [5.41, 5.74) is 0.854. The molecule has 0 spiro atoms. The van der Waals surface area contributed by atoms with Crippen molar-refractivity contribution in [3.8, 4) is 0 Å². The number of hydrogen-bond acceptors (Lipinski definition) is 5. The smallest absolute Gasteiger partial charge is 0.303 e. The average Bonchev–Trinajstić information content (AvgIpc) is 2.93. The van der Waals surface area contributed by atoms with E-state index < -0.39 is 5.97 Å². The highest BCUT2D eigenvalue weighted by Gasteiger charge is 2.23. The third-order valence-electron chi connectivity index (χ3n) is 3.69. The summed E-state index contributed by atoms with van der Waals surface area (Å²) < 4.78 is 0. The van der Waals surface area contributed by atoms with E-state index in [1.54, 1.807) is 17.5 Å². The molecule has 0 aliphatic carbocycles. The lowest BCUT2D eigenvalue weighted by Crippen LogP contribution is -2.19. The van der Waals surface area contributed by atoms with Crippen molar-refractivity contribution >= 4 is 23.1 Å². The number of carbonyl (C=O) groups is 1. The number of aryl methyl sites for hydroxylation is 1. The Labute approximate surface area is 147 Å². The SMILES string of the molecule is CC(C)(CC(=O)O)Cc1nc(CCCCNc2ccccn2)cs1. The number of thiazole rings is 1. The molecule has 0 amide bonds. The maximum absolute atomic E-state index is 10.9. The van der Waals surface area contributed by atoms with Gasteiger partial charge < -0.3 is 10.4 Å². The summed E-state index contributed by atoms with van der Waals surface area (Å²) in [6.45, 7) is 4.86. The molecule has 2 aromatic heterocycles. The van der Waals surface area contributed by atoms with Crippen molar-refractivity contribution in [2.24, 2.45) is 5.41 Å². The Kier molecular flexibility index (Phi) is 6.73. The Morgan fingerprint density at radius 3 is 2.88 bits per heavy atom. The number of nitrogens with zero attached hydrogens (tertiary/aromatic N) is 2. The Bertz CT molecular complexity index is 641. The van der Waals surface area contributed by atoms with Crippen molar-refractivity contribution in [1.82, 2.24) is 9.97 Å². The minimum Gasteiger partial charge on any atom is -0.481 e. The fourth-order valence-electron chi connectivity index (χ4n) is 2.54. The van der Waals surface area contributed by atoms with E-state index in [0.29, 0.717) is 6.42 Å². The van der Waals surface area contributed by atoms with Gasteiger partial charge in [0.1, 0.15) is 5.82 Å². The van der Waals surface area contributed by atoms with Gasteiger partial charge in [0.05, 0.1) is 17.1 Å². The summed E-state index contributed by atoms with van der Waals surface area (Å²) in [6.07, 6.45) is 5.76. The zero-order valence-corrected chi connectivity index (χ0v) is 15.1. The molecule has 0 saturated heterocycles. The highest BCUT2D eigenvalue weighted by Crippen LogP contribution is 2.27. The van der Waals surface area contributed by atoms with Crippen LogP contribution in [-0.2, 0) is 17.6 Å². The number of nitrogens with one attached hydrogen (secondary N) is 1. The summed E-state index contributed by atoms with van der Waals surface area (Å²) in [5, 5.41) is 15.4. The minimum absolute atomic E-state index is 0.168. The zero-order chi connectivity index (χ0) is 17.4. The molecule has 2 N–H and O–H groups in total. The predicted molar refractivity (Wildman–Crippen MR) is 97.5 cm³/mol. The van der Waals surface area contributed by atoms with E-state index >= 15 is 0 Å². The summed E-state index contributed by atoms with van der Waals surface area (Å²) in [4.78, 5) is 19.8. The second-order valence-electron chi connectivity index (χ2n) is 6.74. The quantitative estimate of drug-likeness (QED) is 0.635. The number of carboxylic acid groups (broad SMARTS) is 1. The monoisotopic (exact) mass is 347 g/mol. The highest BCUT2D eigenvalue weighted by molar-refractivity contribution is 7.09. The fraction of sp³-hybridized carbons (Fsp3) is 0.500. The number of anilines is 1. The Morgan fingerprint density at radius 2 is 2.17 bits per heavy atom. The number of aliphatic carboxylic acids is 1. The summed E-state index contributed by atoms with van der Waals surface area (Å²) in [5.74, 6) is 0.159. The molecule has 0 aromatic carbocycles. The molecule has 2 rings (SSSR count). The first-order chi connectivity index (χ1) is 11.4. The van der Waals surface area contributed by atoms with Gasteiger partial charge in [0, 0.05) is 24.5 Å². The number of rotatable bonds is 10. The topological polar surface area (TPSA) is 75.1 Å². The molecule has 0 fully saturated rings. The highest BCUT2D eigenvalue weighted by atomic mass is 32.1. The summed E-state index contributed by atoms with van der Waals surface area (Å²) >= 11 is 1.63. The van der Waals surface area contributed by atoms with Crippen molar-refractivity contribution in [2.75, 3.05) is 11.9 Å². The fourth-order valence-corrected chi connectivity index (χ4v) is 3.63. The molecule has 24 heavy (non-hydrogen) atoms. The predicted octanol–water partition coefficient (Wildman–Crippen LogP) is 4.02. The number of unbranched alkanes of at least 4 members (excludes halogenated alkanes) is 1. The van der Waals surface area contributed by atoms with Gasteiger partial charge in [-0.1, -0.05) is 19.9 Å². The molecule has 0 saturated carbocycles. The summed E-state index contributed by atoms with van der Waals surface area (Å²) in [7, 11) is 0. The molecule has 0 aliphatic heterocycles. The molecule has 6 heteroatoms. The van der Waals surface area contributed by atoms with Crippen LogP contribution in [0.5, 0.6) is 0 Å². The van der Waals surface area contributed by atoms with Gasteiger partial charge in [-0.3, -0.25) is 4.79 Å². The molecule has 0 aliphatic rings. The van der Waals surface area contributed by atoms with Crippen molar-refractivity contribution in [1.29, 1.82) is 0 Å². The lowest BCUT2D eigenvalue weighted by molar-refractivity contribution is -0.139. The second-order valence-corrected chi connectivity index (χ2v) is 7.69. The van der Waals surface area contributed by atoms with E-state index in [4.69, 9.17) is 5.11 Å². The third kappa shape index (κ3) is 6.66. The van der Waals surface area contributed by atoms with Gasteiger partial charge in [-0.15, -0.1) is 11.3 Å². The van der Waals surface area contributed by atoms with Crippen LogP contribution in [0.3, 0.4) is 0 Å². The van der Waals surface area contributed by atoms with Crippen LogP contribution in [0, 0.1) is 5.41 Å². The van der Waals surface area contributed by atoms with Gasteiger partial charge in [-0.2, -0.15) is 0 Å². The van der Waals surface area contributed by atoms with Crippen LogP contribution in [0.15, 0.2) is 29.8 Å². The van der Waals surface area contributed by atoms with E-state index in [1.165, 1.54) is 0 Å². The second kappa shape index (κ2) is 8.78. The maximum Gasteiger partial charge on any atom is 0.303 e. The molecule has 0 bridgehead atoms. The van der Waals surface area contributed by atoms with Crippen molar-refractivity contribution < 1.29 is 9.90 Å². The van der Waals surface area contributed by atoms with Crippen LogP contribution in [0.25, 0.3) is 0 Å². The minimum atomic E-state index is -0.753. The van der Waals surface area contributed by atoms with E-state index in [1.807, 2.05) is 32.0 Å². The van der Waals surface area contributed by atoms with Crippen LogP contribution in [-0.4, -0.2) is 27.6 Å². The molecule has 0 atom stereocenters.